The minimum absolute atomic E-state index is 0.0906. The van der Waals surface area contributed by atoms with Gasteiger partial charge in [-0.1, -0.05) is 0 Å². The number of benzene rings is 1. The molecule has 0 saturated carbocycles. The van der Waals surface area contributed by atoms with Crippen molar-refractivity contribution in [1.82, 2.24) is 0 Å². The van der Waals surface area contributed by atoms with E-state index in [1.54, 1.807) is 11.8 Å². The molecule has 0 spiro atoms. The van der Waals surface area contributed by atoms with E-state index in [1.165, 1.54) is 0 Å². The van der Waals surface area contributed by atoms with Gasteiger partial charge in [0, 0.05) is 17.4 Å². The molecule has 1 saturated heterocycles. The molecule has 0 aliphatic carbocycles. The lowest BCUT2D eigenvalue weighted by Crippen LogP contribution is -2.27. The third kappa shape index (κ3) is 2.97. The highest BCUT2D eigenvalue weighted by Gasteiger charge is 2.31. The monoisotopic (exact) mass is 288 g/mol. The summed E-state index contributed by atoms with van der Waals surface area (Å²) in [5.74, 6) is -1.26. The zero-order valence-corrected chi connectivity index (χ0v) is 11.2. The Morgan fingerprint density at radius 1 is 1.53 bits per heavy atom. The van der Waals surface area contributed by atoms with Crippen molar-refractivity contribution in [2.75, 3.05) is 17.6 Å². The van der Waals surface area contributed by atoms with Crippen LogP contribution in [0.15, 0.2) is 12.1 Å². The average molecular weight is 288 g/mol. The van der Waals surface area contributed by atoms with Gasteiger partial charge in [0.15, 0.2) is 17.3 Å². The Labute approximate surface area is 113 Å². The van der Waals surface area contributed by atoms with Crippen LogP contribution in [-0.2, 0) is 0 Å². The molecule has 104 valence electrons. The topological polar surface area (TPSA) is 55.2 Å². The molecule has 0 amide bonds. The average Bonchev–Trinajstić information content (AvgIpc) is 2.78. The van der Waals surface area contributed by atoms with Crippen LogP contribution >= 0.6 is 11.8 Å². The first-order chi connectivity index (χ1) is 8.93. The smallest absolute Gasteiger partial charge is 0.295 e. The molecular formula is C12H14F2N2O2S. The van der Waals surface area contributed by atoms with Crippen LogP contribution in [0.5, 0.6) is 0 Å². The first-order valence-electron chi connectivity index (χ1n) is 5.93. The van der Waals surface area contributed by atoms with Crippen LogP contribution in [-0.4, -0.2) is 22.0 Å². The Morgan fingerprint density at radius 2 is 2.26 bits per heavy atom. The molecule has 0 radical (unpaired) electrons. The number of nitrogens with zero attached hydrogens (tertiary/aromatic N) is 1. The maximum atomic E-state index is 13.7. The zero-order chi connectivity index (χ0) is 14.0. The van der Waals surface area contributed by atoms with Crippen LogP contribution in [0.25, 0.3) is 0 Å². The Morgan fingerprint density at radius 3 is 2.84 bits per heavy atom. The fourth-order valence-electron chi connectivity index (χ4n) is 2.11. The van der Waals surface area contributed by atoms with Crippen molar-refractivity contribution >= 4 is 23.1 Å². The summed E-state index contributed by atoms with van der Waals surface area (Å²) in [6.07, 6.45) is 2.02. The van der Waals surface area contributed by atoms with E-state index in [9.17, 15) is 18.9 Å². The van der Waals surface area contributed by atoms with E-state index in [4.69, 9.17) is 0 Å². The number of nitrogens with one attached hydrogen (secondary N) is 1. The highest BCUT2D eigenvalue weighted by molar-refractivity contribution is 8.00. The summed E-state index contributed by atoms with van der Waals surface area (Å²) in [6.45, 7) is 2.39. The van der Waals surface area contributed by atoms with Crippen molar-refractivity contribution in [2.24, 2.45) is 0 Å². The van der Waals surface area contributed by atoms with Gasteiger partial charge >= 0.3 is 0 Å². The van der Waals surface area contributed by atoms with Crippen LogP contribution < -0.4 is 5.32 Å². The molecule has 0 bridgehead atoms. The SMILES string of the molecule is CC1(CNc2c([N+](=O)[O-])ccc(F)c2F)CCCS1. The quantitative estimate of drug-likeness (QED) is 0.679. The molecule has 7 heteroatoms. The van der Waals surface area contributed by atoms with Gasteiger partial charge in [-0.25, -0.2) is 8.78 Å². The number of nitro groups is 1. The van der Waals surface area contributed by atoms with Crippen molar-refractivity contribution in [1.29, 1.82) is 0 Å². The Balaban J connectivity index is 2.23. The summed E-state index contributed by atoms with van der Waals surface area (Å²) in [7, 11) is 0. The highest BCUT2D eigenvalue weighted by Crippen LogP contribution is 2.38. The van der Waals surface area contributed by atoms with Crippen molar-refractivity contribution in [3.8, 4) is 0 Å². The number of anilines is 1. The molecule has 1 aliphatic rings. The van der Waals surface area contributed by atoms with Gasteiger partial charge in [0.25, 0.3) is 5.69 Å². The summed E-state index contributed by atoms with van der Waals surface area (Å²) in [5.41, 5.74) is -0.802. The molecule has 0 aromatic heterocycles. The number of hydrogen-bond acceptors (Lipinski definition) is 4. The summed E-state index contributed by atoms with van der Waals surface area (Å²) in [4.78, 5) is 10.1. The second kappa shape index (κ2) is 5.32. The fraction of sp³-hybridized carbons (Fsp3) is 0.500. The predicted molar refractivity (Wildman–Crippen MR) is 71.6 cm³/mol. The van der Waals surface area contributed by atoms with Gasteiger partial charge in [-0.2, -0.15) is 11.8 Å². The second-order valence-corrected chi connectivity index (χ2v) is 6.45. The maximum absolute atomic E-state index is 13.7. The van der Waals surface area contributed by atoms with E-state index in [1.807, 2.05) is 6.92 Å². The van der Waals surface area contributed by atoms with Gasteiger partial charge in [-0.05, 0) is 31.6 Å². The molecular weight excluding hydrogens is 274 g/mol. The Hall–Kier alpha value is -1.37. The van der Waals surface area contributed by atoms with Crippen molar-refractivity contribution in [3.63, 3.8) is 0 Å². The maximum Gasteiger partial charge on any atom is 0.295 e. The highest BCUT2D eigenvalue weighted by atomic mass is 32.2. The molecule has 2 rings (SSSR count). The number of nitro benzene ring substituents is 1. The van der Waals surface area contributed by atoms with Crippen molar-refractivity contribution in [3.05, 3.63) is 33.9 Å². The number of halogens is 2. The number of rotatable bonds is 4. The standard InChI is InChI=1S/C12H14F2N2O2S/c1-12(5-2-6-19-12)7-15-11-9(16(17)18)4-3-8(13)10(11)14/h3-4,15H,2,5-7H2,1H3. The molecule has 1 aliphatic heterocycles. The van der Waals surface area contributed by atoms with Crippen molar-refractivity contribution < 1.29 is 13.7 Å². The van der Waals surface area contributed by atoms with E-state index in [2.05, 4.69) is 5.32 Å². The van der Waals surface area contributed by atoms with E-state index in [0.717, 1.165) is 30.7 Å². The molecule has 19 heavy (non-hydrogen) atoms. The third-order valence-electron chi connectivity index (χ3n) is 3.21. The lowest BCUT2D eigenvalue weighted by molar-refractivity contribution is -0.384. The Kier molecular flexibility index (Phi) is 3.93. The number of thioether (sulfide) groups is 1. The Bertz CT molecular complexity index is 505. The van der Waals surface area contributed by atoms with Crippen molar-refractivity contribution in [2.45, 2.75) is 24.5 Å². The van der Waals surface area contributed by atoms with E-state index >= 15 is 0 Å². The minimum atomic E-state index is -1.19. The first-order valence-corrected chi connectivity index (χ1v) is 6.92. The molecule has 1 aromatic rings. The molecule has 1 fully saturated rings. The second-order valence-electron chi connectivity index (χ2n) is 4.77. The summed E-state index contributed by atoms with van der Waals surface area (Å²) in [6, 6.07) is 1.75. The molecule has 1 heterocycles. The van der Waals surface area contributed by atoms with E-state index in [-0.39, 0.29) is 10.4 Å². The summed E-state index contributed by atoms with van der Waals surface area (Å²) >= 11 is 1.74. The van der Waals surface area contributed by atoms with E-state index < -0.39 is 22.2 Å². The molecule has 1 N–H and O–H groups in total. The zero-order valence-electron chi connectivity index (χ0n) is 10.4. The molecule has 1 atom stereocenters. The van der Waals surface area contributed by atoms with Crippen LogP contribution in [0.3, 0.4) is 0 Å². The molecule has 1 aromatic carbocycles. The van der Waals surface area contributed by atoms with Crippen LogP contribution in [0.4, 0.5) is 20.2 Å². The number of hydrogen-bond donors (Lipinski definition) is 1. The molecule has 4 nitrogen and oxygen atoms in total. The van der Waals surface area contributed by atoms with Gasteiger partial charge in [-0.3, -0.25) is 10.1 Å². The van der Waals surface area contributed by atoms with E-state index in [0.29, 0.717) is 6.54 Å². The molecule has 1 unspecified atom stereocenters. The lowest BCUT2D eigenvalue weighted by Gasteiger charge is -2.23. The normalized spacial score (nSPS) is 22.5. The summed E-state index contributed by atoms with van der Waals surface area (Å²) in [5, 5.41) is 13.5. The van der Waals surface area contributed by atoms with Gasteiger partial charge in [0.2, 0.25) is 0 Å². The van der Waals surface area contributed by atoms with Gasteiger partial charge < -0.3 is 5.32 Å². The van der Waals surface area contributed by atoms with Crippen LogP contribution in [0, 0.1) is 21.7 Å². The minimum Gasteiger partial charge on any atom is -0.376 e. The lowest BCUT2D eigenvalue weighted by atomic mass is 10.1. The predicted octanol–water partition coefficient (Wildman–Crippen LogP) is 3.57. The summed E-state index contributed by atoms with van der Waals surface area (Å²) < 4.78 is 26.8. The van der Waals surface area contributed by atoms with Gasteiger partial charge in [0.05, 0.1) is 4.92 Å². The van der Waals surface area contributed by atoms with Crippen LogP contribution in [0.1, 0.15) is 19.8 Å². The van der Waals surface area contributed by atoms with Gasteiger partial charge in [-0.15, -0.1) is 0 Å². The van der Waals surface area contributed by atoms with Crippen LogP contribution in [0.2, 0.25) is 0 Å². The largest absolute Gasteiger partial charge is 0.376 e. The van der Waals surface area contributed by atoms with Gasteiger partial charge in [0.1, 0.15) is 0 Å². The first kappa shape index (κ1) is 14.0. The fourth-order valence-corrected chi connectivity index (χ4v) is 3.36. The third-order valence-corrected chi connectivity index (χ3v) is 4.75.